The zero-order valence-corrected chi connectivity index (χ0v) is 12.1. The number of morpholine rings is 1. The predicted molar refractivity (Wildman–Crippen MR) is 79.4 cm³/mol. The highest BCUT2D eigenvalue weighted by atomic mass is 16.5. The fourth-order valence-electron chi connectivity index (χ4n) is 3.12. The Labute approximate surface area is 119 Å². The van der Waals surface area contributed by atoms with E-state index >= 15 is 0 Å². The van der Waals surface area contributed by atoms with Crippen molar-refractivity contribution in [3.05, 3.63) is 35.6 Å². The third kappa shape index (κ3) is 2.59. The molecule has 0 spiro atoms. The molecule has 1 aromatic carbocycles. The molecule has 2 aromatic rings. The second kappa shape index (κ2) is 5.56. The number of hydrogen-bond acceptors (Lipinski definition) is 4. The number of nitrogens with two attached hydrogens (primary N) is 1. The van der Waals surface area contributed by atoms with Crippen LogP contribution in [0.5, 0.6) is 0 Å². The van der Waals surface area contributed by atoms with Gasteiger partial charge in [0.05, 0.1) is 18.8 Å². The zero-order valence-electron chi connectivity index (χ0n) is 12.1. The molecule has 1 aliphatic heterocycles. The highest BCUT2D eigenvalue weighted by Gasteiger charge is 2.24. The highest BCUT2D eigenvalue weighted by molar-refractivity contribution is 5.82. The van der Waals surface area contributed by atoms with Crippen molar-refractivity contribution in [2.45, 2.75) is 39.1 Å². The van der Waals surface area contributed by atoms with E-state index in [1.807, 2.05) is 18.2 Å². The molecule has 108 valence electrons. The average molecular weight is 274 g/mol. The molecule has 1 aromatic heterocycles. The van der Waals surface area contributed by atoms with Gasteiger partial charge in [-0.15, -0.1) is 0 Å². The molecule has 4 nitrogen and oxygen atoms in total. The summed E-state index contributed by atoms with van der Waals surface area (Å²) >= 11 is 0. The van der Waals surface area contributed by atoms with Gasteiger partial charge in [-0.25, -0.2) is 0 Å². The number of benzene rings is 1. The van der Waals surface area contributed by atoms with E-state index in [-0.39, 0.29) is 12.2 Å². The predicted octanol–water partition coefficient (Wildman–Crippen LogP) is 2.50. The minimum Gasteiger partial charge on any atom is -0.459 e. The largest absolute Gasteiger partial charge is 0.459 e. The van der Waals surface area contributed by atoms with Crippen molar-refractivity contribution in [2.75, 3.05) is 13.1 Å². The summed E-state index contributed by atoms with van der Waals surface area (Å²) in [7, 11) is 0. The first-order valence-corrected chi connectivity index (χ1v) is 7.24. The molecule has 4 heteroatoms. The molecule has 2 atom stereocenters. The SMILES string of the molecule is CC1CN(Cc2oc3ccccc3c2CN)CC(C)O1. The summed E-state index contributed by atoms with van der Waals surface area (Å²) in [5, 5.41) is 1.14. The third-order valence-electron chi connectivity index (χ3n) is 3.85. The minimum absolute atomic E-state index is 0.268. The fourth-order valence-corrected chi connectivity index (χ4v) is 3.12. The Morgan fingerprint density at radius 2 is 1.90 bits per heavy atom. The maximum absolute atomic E-state index is 6.00. The molecule has 0 saturated carbocycles. The van der Waals surface area contributed by atoms with Crippen LogP contribution >= 0.6 is 0 Å². The second-order valence-corrected chi connectivity index (χ2v) is 5.66. The van der Waals surface area contributed by atoms with Crippen LogP contribution in [0.25, 0.3) is 11.0 Å². The van der Waals surface area contributed by atoms with E-state index in [2.05, 4.69) is 24.8 Å². The smallest absolute Gasteiger partial charge is 0.134 e. The molecule has 0 aliphatic carbocycles. The maximum Gasteiger partial charge on any atom is 0.134 e. The van der Waals surface area contributed by atoms with Crippen molar-refractivity contribution in [3.63, 3.8) is 0 Å². The van der Waals surface area contributed by atoms with E-state index in [1.54, 1.807) is 0 Å². The summed E-state index contributed by atoms with van der Waals surface area (Å²) in [5.74, 6) is 0.995. The normalized spacial score (nSPS) is 24.4. The van der Waals surface area contributed by atoms with Gasteiger partial charge < -0.3 is 14.9 Å². The van der Waals surface area contributed by atoms with Crippen LogP contribution in [0.15, 0.2) is 28.7 Å². The first-order chi connectivity index (χ1) is 9.67. The van der Waals surface area contributed by atoms with Gasteiger partial charge in [0.15, 0.2) is 0 Å². The summed E-state index contributed by atoms with van der Waals surface area (Å²) in [6.07, 6.45) is 0.536. The van der Waals surface area contributed by atoms with E-state index in [0.717, 1.165) is 41.9 Å². The van der Waals surface area contributed by atoms with Gasteiger partial charge in [-0.2, -0.15) is 0 Å². The lowest BCUT2D eigenvalue weighted by molar-refractivity contribution is -0.0718. The molecule has 0 bridgehead atoms. The Morgan fingerprint density at radius 1 is 1.20 bits per heavy atom. The summed E-state index contributed by atoms with van der Waals surface area (Å²) in [5.41, 5.74) is 7.98. The molecular weight excluding hydrogens is 252 g/mol. The Morgan fingerprint density at radius 3 is 2.60 bits per heavy atom. The fraction of sp³-hybridized carbons (Fsp3) is 0.500. The Bertz CT molecular complexity index is 583. The van der Waals surface area contributed by atoms with Crippen molar-refractivity contribution in [3.8, 4) is 0 Å². The van der Waals surface area contributed by atoms with Crippen molar-refractivity contribution >= 4 is 11.0 Å². The van der Waals surface area contributed by atoms with Gasteiger partial charge in [0.2, 0.25) is 0 Å². The van der Waals surface area contributed by atoms with Crippen molar-refractivity contribution < 1.29 is 9.15 Å². The van der Waals surface area contributed by atoms with Crippen LogP contribution in [0.3, 0.4) is 0 Å². The lowest BCUT2D eigenvalue weighted by atomic mass is 10.1. The quantitative estimate of drug-likeness (QED) is 0.934. The number of para-hydroxylation sites is 1. The van der Waals surface area contributed by atoms with Crippen LogP contribution < -0.4 is 5.73 Å². The van der Waals surface area contributed by atoms with Gasteiger partial charge in [-0.05, 0) is 19.9 Å². The van der Waals surface area contributed by atoms with Gasteiger partial charge >= 0.3 is 0 Å². The number of furan rings is 1. The maximum atomic E-state index is 6.00. The van der Waals surface area contributed by atoms with Crippen molar-refractivity contribution in [1.82, 2.24) is 4.90 Å². The standard InChI is InChI=1S/C16H22N2O2/c1-11-8-18(9-12(2)19-11)10-16-14(7-17)13-5-3-4-6-15(13)20-16/h3-6,11-12H,7-10,17H2,1-2H3. The van der Waals surface area contributed by atoms with E-state index in [1.165, 1.54) is 0 Å². The Hall–Kier alpha value is -1.36. The Kier molecular flexibility index (Phi) is 3.78. The molecule has 0 amide bonds. The van der Waals surface area contributed by atoms with Crippen LogP contribution in [-0.2, 0) is 17.8 Å². The summed E-state index contributed by atoms with van der Waals surface area (Å²) in [6, 6.07) is 8.10. The molecule has 2 heterocycles. The minimum atomic E-state index is 0.268. The topological polar surface area (TPSA) is 51.6 Å². The molecule has 1 aliphatic rings. The highest BCUT2D eigenvalue weighted by Crippen LogP contribution is 2.27. The van der Waals surface area contributed by atoms with Crippen LogP contribution in [0.4, 0.5) is 0 Å². The molecule has 1 saturated heterocycles. The van der Waals surface area contributed by atoms with E-state index in [9.17, 15) is 0 Å². The number of nitrogens with zero attached hydrogens (tertiary/aromatic N) is 1. The Balaban J connectivity index is 1.86. The van der Waals surface area contributed by atoms with Crippen LogP contribution in [-0.4, -0.2) is 30.2 Å². The second-order valence-electron chi connectivity index (χ2n) is 5.66. The van der Waals surface area contributed by atoms with E-state index in [4.69, 9.17) is 14.9 Å². The van der Waals surface area contributed by atoms with Crippen LogP contribution in [0.2, 0.25) is 0 Å². The van der Waals surface area contributed by atoms with Crippen LogP contribution in [0.1, 0.15) is 25.2 Å². The number of ether oxygens (including phenoxy) is 1. The molecule has 0 radical (unpaired) electrons. The monoisotopic (exact) mass is 274 g/mol. The molecule has 1 fully saturated rings. The molecule has 2 N–H and O–H groups in total. The average Bonchev–Trinajstić information content (AvgIpc) is 2.74. The van der Waals surface area contributed by atoms with E-state index in [0.29, 0.717) is 6.54 Å². The van der Waals surface area contributed by atoms with Gasteiger partial charge in [-0.3, -0.25) is 4.90 Å². The number of fused-ring (bicyclic) bond motifs is 1. The summed E-state index contributed by atoms with van der Waals surface area (Å²) in [6.45, 7) is 7.42. The first kappa shape index (κ1) is 13.6. The number of rotatable bonds is 3. The van der Waals surface area contributed by atoms with Crippen molar-refractivity contribution in [2.24, 2.45) is 5.73 Å². The van der Waals surface area contributed by atoms with Gasteiger partial charge in [-0.1, -0.05) is 18.2 Å². The van der Waals surface area contributed by atoms with E-state index < -0.39 is 0 Å². The van der Waals surface area contributed by atoms with Gasteiger partial charge in [0.1, 0.15) is 11.3 Å². The molecule has 2 unspecified atom stereocenters. The van der Waals surface area contributed by atoms with Gasteiger partial charge in [0, 0.05) is 30.6 Å². The molecular formula is C16H22N2O2. The van der Waals surface area contributed by atoms with Crippen LogP contribution in [0, 0.1) is 0 Å². The zero-order chi connectivity index (χ0) is 14.1. The van der Waals surface area contributed by atoms with Crippen molar-refractivity contribution in [1.29, 1.82) is 0 Å². The molecule has 20 heavy (non-hydrogen) atoms. The lowest BCUT2D eigenvalue weighted by Crippen LogP contribution is -2.44. The summed E-state index contributed by atoms with van der Waals surface area (Å²) in [4.78, 5) is 2.38. The third-order valence-corrected chi connectivity index (χ3v) is 3.85. The summed E-state index contributed by atoms with van der Waals surface area (Å²) < 4.78 is 11.8. The van der Waals surface area contributed by atoms with Gasteiger partial charge in [0.25, 0.3) is 0 Å². The number of hydrogen-bond donors (Lipinski definition) is 1. The lowest BCUT2D eigenvalue weighted by Gasteiger charge is -2.34. The molecule has 3 rings (SSSR count). The first-order valence-electron chi connectivity index (χ1n) is 7.24.